The summed E-state index contributed by atoms with van der Waals surface area (Å²) in [6.45, 7) is 9.20. The molecular formula is C26H37N3O2. The van der Waals surface area contributed by atoms with E-state index in [2.05, 4.69) is 35.4 Å². The summed E-state index contributed by atoms with van der Waals surface area (Å²) in [5, 5.41) is 11.7. The largest absolute Gasteiger partial charge is 0.391 e. The van der Waals surface area contributed by atoms with E-state index >= 15 is 0 Å². The number of carbonyl (C=O) groups excluding carboxylic acids is 1. The van der Waals surface area contributed by atoms with Gasteiger partial charge in [-0.05, 0) is 68.2 Å². The van der Waals surface area contributed by atoms with Crippen molar-refractivity contribution in [3.63, 3.8) is 0 Å². The standard InChI is InChI=1S/C26H37N3O2/c1-3-12-29-22-8-7-19(26(31)27-13-9-18(2)10-14-27)16-20(22)21-17-28(15-11-23(21)29)24-5-4-6-25(24)30/h7-8,16,18,24-25,30H,3-6,9-15,17H2,1-2H3. The minimum atomic E-state index is -0.191. The van der Waals surface area contributed by atoms with Crippen molar-refractivity contribution in [2.75, 3.05) is 19.6 Å². The fourth-order valence-electron chi connectivity index (χ4n) is 6.11. The van der Waals surface area contributed by atoms with Crippen molar-refractivity contribution >= 4 is 16.8 Å². The maximum absolute atomic E-state index is 13.2. The highest BCUT2D eigenvalue weighted by atomic mass is 16.3. The Hall–Kier alpha value is -1.85. The molecule has 31 heavy (non-hydrogen) atoms. The lowest BCUT2D eigenvalue weighted by Crippen LogP contribution is -2.43. The lowest BCUT2D eigenvalue weighted by molar-refractivity contribution is 0.0623. The number of aryl methyl sites for hydroxylation is 1. The molecule has 1 aromatic carbocycles. The Balaban J connectivity index is 1.49. The highest BCUT2D eigenvalue weighted by molar-refractivity contribution is 5.99. The first-order chi connectivity index (χ1) is 15.1. The molecule has 1 saturated carbocycles. The zero-order chi connectivity index (χ0) is 21.5. The fraction of sp³-hybridized carbons (Fsp3) is 0.654. The maximum Gasteiger partial charge on any atom is 0.253 e. The van der Waals surface area contributed by atoms with Crippen molar-refractivity contribution in [2.24, 2.45) is 5.92 Å². The Bertz CT molecular complexity index is 957. The second-order valence-electron chi connectivity index (χ2n) is 10.1. The van der Waals surface area contributed by atoms with E-state index in [1.807, 2.05) is 11.0 Å². The molecule has 168 valence electrons. The van der Waals surface area contributed by atoms with Crippen LogP contribution in [0.2, 0.25) is 0 Å². The zero-order valence-corrected chi connectivity index (χ0v) is 19.1. The van der Waals surface area contributed by atoms with Crippen molar-refractivity contribution in [1.82, 2.24) is 14.4 Å². The van der Waals surface area contributed by atoms with Crippen molar-refractivity contribution < 1.29 is 9.90 Å². The Morgan fingerprint density at radius 3 is 2.65 bits per heavy atom. The molecule has 5 heteroatoms. The number of nitrogens with zero attached hydrogens (tertiary/aromatic N) is 3. The lowest BCUT2D eigenvalue weighted by Gasteiger charge is -2.34. The summed E-state index contributed by atoms with van der Waals surface area (Å²) in [6, 6.07) is 6.67. The minimum absolute atomic E-state index is 0.185. The topological polar surface area (TPSA) is 48.7 Å². The number of carbonyl (C=O) groups is 1. The van der Waals surface area contributed by atoms with Crippen LogP contribution in [0.1, 0.15) is 74.0 Å². The highest BCUT2D eigenvalue weighted by Gasteiger charge is 2.34. The molecule has 3 heterocycles. The third kappa shape index (κ3) is 3.80. The van der Waals surface area contributed by atoms with Crippen LogP contribution in [-0.2, 0) is 19.5 Å². The number of fused-ring (bicyclic) bond motifs is 3. The molecule has 1 aromatic heterocycles. The van der Waals surface area contributed by atoms with E-state index in [1.54, 1.807) is 0 Å². The van der Waals surface area contributed by atoms with Crippen LogP contribution in [0.15, 0.2) is 18.2 Å². The van der Waals surface area contributed by atoms with Gasteiger partial charge in [-0.3, -0.25) is 9.69 Å². The molecule has 0 spiro atoms. The average molecular weight is 424 g/mol. The smallest absolute Gasteiger partial charge is 0.253 e. The van der Waals surface area contributed by atoms with Crippen LogP contribution in [-0.4, -0.2) is 57.2 Å². The molecule has 1 saturated heterocycles. The van der Waals surface area contributed by atoms with Gasteiger partial charge in [0.2, 0.25) is 0 Å². The molecule has 0 bridgehead atoms. The Morgan fingerprint density at radius 2 is 1.94 bits per heavy atom. The normalized spacial score (nSPS) is 25.3. The summed E-state index contributed by atoms with van der Waals surface area (Å²) in [6.07, 6.45) is 7.31. The van der Waals surface area contributed by atoms with Crippen LogP contribution in [0.25, 0.3) is 10.9 Å². The molecule has 2 unspecified atom stereocenters. The van der Waals surface area contributed by atoms with Gasteiger partial charge >= 0.3 is 0 Å². The van der Waals surface area contributed by atoms with E-state index in [4.69, 9.17) is 0 Å². The summed E-state index contributed by atoms with van der Waals surface area (Å²) >= 11 is 0. The van der Waals surface area contributed by atoms with Crippen molar-refractivity contribution in [2.45, 2.75) is 84.0 Å². The first-order valence-corrected chi connectivity index (χ1v) is 12.4. The van der Waals surface area contributed by atoms with Crippen LogP contribution in [0.3, 0.4) is 0 Å². The minimum Gasteiger partial charge on any atom is -0.391 e. The number of aliphatic hydroxyl groups is 1. The van der Waals surface area contributed by atoms with Gasteiger partial charge in [-0.25, -0.2) is 0 Å². The average Bonchev–Trinajstić information content (AvgIpc) is 3.35. The first-order valence-electron chi connectivity index (χ1n) is 12.4. The first kappa shape index (κ1) is 21.0. The molecule has 2 fully saturated rings. The van der Waals surface area contributed by atoms with E-state index in [0.717, 1.165) is 89.2 Å². The maximum atomic E-state index is 13.2. The van der Waals surface area contributed by atoms with Crippen LogP contribution < -0.4 is 0 Å². The van der Waals surface area contributed by atoms with Crippen molar-refractivity contribution in [3.05, 3.63) is 35.0 Å². The molecule has 0 radical (unpaired) electrons. The van der Waals surface area contributed by atoms with Crippen LogP contribution in [0.5, 0.6) is 0 Å². The third-order valence-electron chi connectivity index (χ3n) is 7.96. The van der Waals surface area contributed by atoms with Crippen LogP contribution in [0, 0.1) is 5.92 Å². The predicted octanol–water partition coefficient (Wildman–Crippen LogP) is 4.19. The molecular weight excluding hydrogens is 386 g/mol. The Kier molecular flexibility index (Phi) is 5.82. The Morgan fingerprint density at radius 1 is 1.13 bits per heavy atom. The second-order valence-corrected chi connectivity index (χ2v) is 10.1. The van der Waals surface area contributed by atoms with Gasteiger partial charge in [-0.1, -0.05) is 13.8 Å². The van der Waals surface area contributed by atoms with Crippen LogP contribution in [0.4, 0.5) is 0 Å². The number of aliphatic hydroxyl groups excluding tert-OH is 1. The number of benzene rings is 1. The molecule has 2 atom stereocenters. The summed E-state index contributed by atoms with van der Waals surface area (Å²) < 4.78 is 2.49. The quantitative estimate of drug-likeness (QED) is 0.802. The summed E-state index contributed by atoms with van der Waals surface area (Å²) in [5.74, 6) is 0.906. The number of amides is 1. The number of hydrogen-bond acceptors (Lipinski definition) is 3. The number of piperidine rings is 1. The van der Waals surface area contributed by atoms with E-state index in [0.29, 0.717) is 0 Å². The molecule has 1 amide bonds. The Labute approximate surface area is 186 Å². The summed E-state index contributed by atoms with van der Waals surface area (Å²) in [4.78, 5) is 17.8. The molecule has 3 aliphatic rings. The van der Waals surface area contributed by atoms with E-state index in [1.165, 1.54) is 22.2 Å². The lowest BCUT2D eigenvalue weighted by atomic mass is 9.98. The van der Waals surface area contributed by atoms with E-state index in [9.17, 15) is 9.90 Å². The second kappa shape index (κ2) is 8.59. The van der Waals surface area contributed by atoms with Gasteiger partial charge in [-0.2, -0.15) is 0 Å². The van der Waals surface area contributed by atoms with Gasteiger partial charge in [0, 0.05) is 67.3 Å². The van der Waals surface area contributed by atoms with Crippen molar-refractivity contribution in [3.8, 4) is 0 Å². The third-order valence-corrected chi connectivity index (χ3v) is 7.96. The highest BCUT2D eigenvalue weighted by Crippen LogP contribution is 2.35. The SMILES string of the molecule is CCCn1c2c(c3cc(C(=O)N4CCC(C)CC4)ccc31)CN(C1CCCC1O)CC2. The zero-order valence-electron chi connectivity index (χ0n) is 19.1. The van der Waals surface area contributed by atoms with Gasteiger partial charge in [0.25, 0.3) is 5.91 Å². The van der Waals surface area contributed by atoms with Gasteiger partial charge in [0.05, 0.1) is 6.10 Å². The summed E-state index contributed by atoms with van der Waals surface area (Å²) in [5.41, 5.74) is 4.92. The predicted molar refractivity (Wildman–Crippen MR) is 124 cm³/mol. The fourth-order valence-corrected chi connectivity index (χ4v) is 6.11. The number of likely N-dealkylation sites (tertiary alicyclic amines) is 1. The molecule has 5 rings (SSSR count). The van der Waals surface area contributed by atoms with Gasteiger partial charge in [-0.15, -0.1) is 0 Å². The summed E-state index contributed by atoms with van der Waals surface area (Å²) in [7, 11) is 0. The van der Waals surface area contributed by atoms with Gasteiger partial charge < -0.3 is 14.6 Å². The van der Waals surface area contributed by atoms with E-state index in [-0.39, 0.29) is 18.1 Å². The molecule has 5 nitrogen and oxygen atoms in total. The number of aromatic nitrogens is 1. The molecule has 2 aliphatic heterocycles. The van der Waals surface area contributed by atoms with Gasteiger partial charge in [0.15, 0.2) is 0 Å². The van der Waals surface area contributed by atoms with Gasteiger partial charge in [0.1, 0.15) is 0 Å². The molecule has 2 aromatic rings. The van der Waals surface area contributed by atoms with Crippen molar-refractivity contribution in [1.29, 1.82) is 0 Å². The number of hydrogen-bond donors (Lipinski definition) is 1. The number of rotatable bonds is 4. The molecule has 1 N–H and O–H groups in total. The molecule has 1 aliphatic carbocycles. The monoisotopic (exact) mass is 423 g/mol. The van der Waals surface area contributed by atoms with Crippen LogP contribution >= 0.6 is 0 Å². The van der Waals surface area contributed by atoms with E-state index < -0.39 is 0 Å².